The van der Waals surface area contributed by atoms with E-state index in [-0.39, 0.29) is 0 Å². The first-order valence-corrected chi connectivity index (χ1v) is 15.9. The summed E-state index contributed by atoms with van der Waals surface area (Å²) in [5.41, 5.74) is 0. The number of furan rings is 2. The van der Waals surface area contributed by atoms with Gasteiger partial charge in [-0.15, -0.1) is 0 Å². The van der Waals surface area contributed by atoms with Crippen molar-refractivity contribution >= 4 is 34.1 Å². The molecule has 0 bridgehead atoms. The Labute approximate surface area is 101 Å². The third-order valence-corrected chi connectivity index (χ3v) is 8.35. The van der Waals surface area contributed by atoms with Crippen LogP contribution >= 0.6 is 0 Å². The number of rotatable bonds is 1. The summed E-state index contributed by atoms with van der Waals surface area (Å²) in [6, 6.07) is 7.33. The Morgan fingerprint density at radius 3 is 1.00 bits per heavy atom. The molecule has 0 amide bonds. The average molecular weight is 421 g/mol. The van der Waals surface area contributed by atoms with Crippen LogP contribution in [0.1, 0.15) is 0 Å². The van der Waals surface area contributed by atoms with Crippen molar-refractivity contribution in [2.45, 2.75) is 9.94 Å². The van der Waals surface area contributed by atoms with Crippen LogP contribution in [0.5, 0.6) is 0 Å². The van der Waals surface area contributed by atoms with Gasteiger partial charge in [0.15, 0.2) is 0 Å². The van der Waals surface area contributed by atoms with Crippen molar-refractivity contribution in [3.8, 4) is 0 Å². The van der Waals surface area contributed by atoms with Crippen molar-refractivity contribution in [3.63, 3.8) is 0 Å². The van der Waals surface area contributed by atoms with Gasteiger partial charge in [0.05, 0.1) is 25.1 Å². The van der Waals surface area contributed by atoms with E-state index in [2.05, 4.69) is 18.8 Å². The minimum Gasteiger partial charge on any atom is -0.473 e. The summed E-state index contributed by atoms with van der Waals surface area (Å²) in [7, 11) is 0. The van der Waals surface area contributed by atoms with E-state index >= 15 is 0 Å². The van der Waals surface area contributed by atoms with Crippen LogP contribution < -0.4 is 0 Å². The zero-order valence-corrected chi connectivity index (χ0v) is 12.9. The Morgan fingerprint density at radius 1 is 0.643 bits per heavy atom. The molecule has 2 heterocycles. The first kappa shape index (κ1) is 14.1. The van der Waals surface area contributed by atoms with Crippen molar-refractivity contribution in [1.82, 2.24) is 0 Å². The van der Waals surface area contributed by atoms with E-state index in [9.17, 15) is 0 Å². The second kappa shape index (κ2) is 13.1. The molecule has 0 aliphatic rings. The summed E-state index contributed by atoms with van der Waals surface area (Å²) in [4.78, 5) is 4.74. The molecule has 78 valence electrons. The number of hydrogen-bond acceptors (Lipinski definition) is 2. The first-order chi connectivity index (χ1) is 6.91. The van der Waals surface area contributed by atoms with Gasteiger partial charge in [-0.3, -0.25) is 0 Å². The quantitative estimate of drug-likeness (QED) is 0.662. The number of hydrogen-bond donors (Lipinski definition) is 0. The van der Waals surface area contributed by atoms with E-state index in [0.717, 1.165) is 0 Å². The normalized spacial score (nSPS) is 7.86. The summed E-state index contributed by atoms with van der Waals surface area (Å²) < 4.78 is 9.17. The minimum atomic E-state index is 0.612. The summed E-state index contributed by atoms with van der Waals surface area (Å²) >= 11 is 1.22. The zero-order valence-electron chi connectivity index (χ0n) is 8.25. The molecule has 0 aromatic carbocycles. The maximum Gasteiger partial charge on any atom is 0.0902 e. The SMILES string of the molecule is C[Te][Te]C.c1ccoc1.c1ccoc1. The van der Waals surface area contributed by atoms with Crippen molar-refractivity contribution in [2.24, 2.45) is 0 Å². The van der Waals surface area contributed by atoms with Gasteiger partial charge in [-0.1, -0.05) is 0 Å². The predicted octanol–water partition coefficient (Wildman–Crippen LogP) is 2.97. The van der Waals surface area contributed by atoms with Crippen LogP contribution in [-0.2, 0) is 0 Å². The van der Waals surface area contributed by atoms with Gasteiger partial charge in [0.2, 0.25) is 0 Å². The van der Waals surface area contributed by atoms with E-state index < -0.39 is 0 Å². The molecule has 4 heteroatoms. The van der Waals surface area contributed by atoms with Gasteiger partial charge in [-0.05, 0) is 24.3 Å². The molecule has 2 rings (SSSR count). The van der Waals surface area contributed by atoms with Crippen molar-refractivity contribution in [1.29, 1.82) is 0 Å². The molecule has 0 atom stereocenters. The fourth-order valence-corrected chi connectivity index (χ4v) is 0.454. The standard InChI is InChI=1S/2C4H4O.C2H6Te2/c2*1-2-4-5-3-1;1-3-4-2/h2*1-4H;1-2H3. The summed E-state index contributed by atoms with van der Waals surface area (Å²) in [5.74, 6) is 0. The van der Waals surface area contributed by atoms with E-state index in [0.29, 0.717) is 34.1 Å². The van der Waals surface area contributed by atoms with E-state index in [1.54, 1.807) is 25.1 Å². The molecule has 0 radical (unpaired) electrons. The Morgan fingerprint density at radius 2 is 0.929 bits per heavy atom. The Kier molecular flexibility index (Phi) is 13.3. The van der Waals surface area contributed by atoms with Crippen LogP contribution in [0.25, 0.3) is 0 Å². The molecule has 0 saturated heterocycles. The Hall–Kier alpha value is 0.139. The van der Waals surface area contributed by atoms with Crippen molar-refractivity contribution in [3.05, 3.63) is 49.3 Å². The van der Waals surface area contributed by atoms with Gasteiger partial charge in [-0.2, -0.15) is 0 Å². The van der Waals surface area contributed by atoms with E-state index in [4.69, 9.17) is 0 Å². The Balaban J connectivity index is 0.000000183. The van der Waals surface area contributed by atoms with Crippen LogP contribution in [0, 0.1) is 0 Å². The molecule has 0 spiro atoms. The Bertz CT molecular complexity index is 178. The molecule has 0 fully saturated rings. The van der Waals surface area contributed by atoms with Gasteiger partial charge in [0.25, 0.3) is 0 Å². The smallest absolute Gasteiger partial charge is 0.0902 e. The molecular weight excluding hydrogens is 407 g/mol. The van der Waals surface area contributed by atoms with Gasteiger partial charge >= 0.3 is 44.1 Å². The van der Waals surface area contributed by atoms with Crippen molar-refractivity contribution in [2.75, 3.05) is 0 Å². The maximum atomic E-state index is 4.58. The second-order valence-corrected chi connectivity index (χ2v) is 16.6. The van der Waals surface area contributed by atoms with Crippen LogP contribution in [0.15, 0.2) is 58.2 Å². The van der Waals surface area contributed by atoms with Crippen LogP contribution in [-0.4, -0.2) is 34.1 Å². The van der Waals surface area contributed by atoms with Gasteiger partial charge in [0, 0.05) is 0 Å². The van der Waals surface area contributed by atoms with Crippen LogP contribution in [0.3, 0.4) is 0 Å². The van der Waals surface area contributed by atoms with E-state index in [1.165, 1.54) is 0 Å². The van der Waals surface area contributed by atoms with Gasteiger partial charge in [0.1, 0.15) is 0 Å². The zero-order chi connectivity index (χ0) is 10.5. The summed E-state index contributed by atoms with van der Waals surface area (Å²) in [6.45, 7) is 0. The third kappa shape index (κ3) is 12.1. The first-order valence-electron chi connectivity index (χ1n) is 3.93. The second-order valence-electron chi connectivity index (χ2n) is 1.92. The molecule has 2 aromatic heterocycles. The maximum absolute atomic E-state index is 4.58. The molecule has 0 N–H and O–H groups in total. The average Bonchev–Trinajstić information content (AvgIpc) is 2.94. The monoisotopic (exact) mass is 426 g/mol. The fraction of sp³-hybridized carbons (Fsp3) is 0.200. The molecule has 14 heavy (non-hydrogen) atoms. The predicted molar refractivity (Wildman–Crippen MR) is 60.7 cm³/mol. The topological polar surface area (TPSA) is 26.3 Å². The molecule has 0 unspecified atom stereocenters. The summed E-state index contributed by atoms with van der Waals surface area (Å²) in [6.07, 6.45) is 6.50. The molecule has 0 aliphatic carbocycles. The molecule has 2 aromatic rings. The largest absolute Gasteiger partial charge is 0.473 e. The molecule has 2 nitrogen and oxygen atoms in total. The fourth-order valence-electron chi connectivity index (χ4n) is 0.454. The third-order valence-electron chi connectivity index (χ3n) is 1.02. The van der Waals surface area contributed by atoms with Gasteiger partial charge in [-0.25, -0.2) is 0 Å². The molecular formula is C10H14O2Te2. The van der Waals surface area contributed by atoms with Crippen molar-refractivity contribution < 1.29 is 8.83 Å². The van der Waals surface area contributed by atoms with Gasteiger partial charge < -0.3 is 8.83 Å². The van der Waals surface area contributed by atoms with E-state index in [1.807, 2.05) is 24.3 Å². The van der Waals surface area contributed by atoms with Crippen LogP contribution in [0.4, 0.5) is 0 Å². The molecule has 0 saturated carbocycles. The minimum absolute atomic E-state index is 0.612. The summed E-state index contributed by atoms with van der Waals surface area (Å²) in [5, 5.41) is 0. The molecule has 0 aliphatic heterocycles. The van der Waals surface area contributed by atoms with Crippen LogP contribution in [0.2, 0.25) is 9.94 Å².